The van der Waals surface area contributed by atoms with E-state index in [9.17, 15) is 9.59 Å². The molecule has 1 atom stereocenters. The van der Waals surface area contributed by atoms with Crippen LogP contribution in [-0.4, -0.2) is 35.0 Å². The lowest BCUT2D eigenvalue weighted by Crippen LogP contribution is -2.40. The van der Waals surface area contributed by atoms with Gasteiger partial charge in [-0.15, -0.1) is 0 Å². The summed E-state index contributed by atoms with van der Waals surface area (Å²) in [6.07, 6.45) is 0.967. The van der Waals surface area contributed by atoms with Crippen LogP contribution in [0.4, 0.5) is 0 Å². The van der Waals surface area contributed by atoms with E-state index in [1.54, 1.807) is 0 Å². The van der Waals surface area contributed by atoms with E-state index >= 15 is 0 Å². The highest BCUT2D eigenvalue weighted by Crippen LogP contribution is 2.08. The van der Waals surface area contributed by atoms with Crippen LogP contribution in [0.15, 0.2) is 24.3 Å². The van der Waals surface area contributed by atoms with Gasteiger partial charge in [0.25, 0.3) is 0 Å². The Morgan fingerprint density at radius 3 is 2.61 bits per heavy atom. The molecule has 0 radical (unpaired) electrons. The Labute approximate surface area is 107 Å². The Hall–Kier alpha value is -1.84. The molecule has 0 heterocycles. The molecule has 4 nitrogen and oxygen atoms in total. The van der Waals surface area contributed by atoms with Crippen molar-refractivity contribution < 1.29 is 14.7 Å². The average Bonchev–Trinajstić information content (AvgIpc) is 2.34. The van der Waals surface area contributed by atoms with Gasteiger partial charge in [0.15, 0.2) is 0 Å². The Morgan fingerprint density at radius 2 is 2.06 bits per heavy atom. The molecular formula is C14H19NO3. The molecule has 0 saturated heterocycles. The van der Waals surface area contributed by atoms with E-state index in [-0.39, 0.29) is 5.91 Å². The first kappa shape index (κ1) is 14.2. The molecule has 1 rings (SSSR count). The minimum absolute atomic E-state index is 0.147. The predicted molar refractivity (Wildman–Crippen MR) is 69.4 cm³/mol. The van der Waals surface area contributed by atoms with Crippen LogP contribution < -0.4 is 0 Å². The van der Waals surface area contributed by atoms with Crippen LogP contribution in [0.2, 0.25) is 0 Å². The second-order valence-electron chi connectivity index (χ2n) is 4.51. The number of likely N-dealkylation sites (N-methyl/N-ethyl adjacent to an activating group) is 1. The maximum Gasteiger partial charge on any atom is 0.326 e. The third-order valence-electron chi connectivity index (χ3n) is 3.04. The second-order valence-corrected chi connectivity index (χ2v) is 4.51. The fourth-order valence-electron chi connectivity index (χ4n) is 1.68. The summed E-state index contributed by atoms with van der Waals surface area (Å²) in [6.45, 7) is 3.51. The summed E-state index contributed by atoms with van der Waals surface area (Å²) >= 11 is 0. The van der Waals surface area contributed by atoms with Crippen molar-refractivity contribution in [3.05, 3.63) is 35.4 Å². The SMILES string of the molecule is Cc1cccc(CCC(=O)N(C)C(C)C(=O)O)c1. The van der Waals surface area contributed by atoms with Crippen molar-refractivity contribution in [3.8, 4) is 0 Å². The number of nitrogens with zero attached hydrogens (tertiary/aromatic N) is 1. The molecule has 0 aromatic heterocycles. The molecule has 1 amide bonds. The Balaban J connectivity index is 2.53. The number of aryl methyl sites for hydroxylation is 2. The van der Waals surface area contributed by atoms with Crippen molar-refractivity contribution in [2.24, 2.45) is 0 Å². The molecule has 0 spiro atoms. The molecule has 0 saturated carbocycles. The molecule has 0 aliphatic heterocycles. The maximum absolute atomic E-state index is 11.8. The van der Waals surface area contributed by atoms with Gasteiger partial charge in [0.1, 0.15) is 6.04 Å². The van der Waals surface area contributed by atoms with Gasteiger partial charge >= 0.3 is 5.97 Å². The molecule has 1 N–H and O–H groups in total. The van der Waals surface area contributed by atoms with Gasteiger partial charge in [0.05, 0.1) is 0 Å². The van der Waals surface area contributed by atoms with E-state index in [0.29, 0.717) is 12.8 Å². The summed E-state index contributed by atoms with van der Waals surface area (Å²) in [5, 5.41) is 8.83. The van der Waals surface area contributed by atoms with Gasteiger partial charge in [0.2, 0.25) is 5.91 Å². The van der Waals surface area contributed by atoms with Crippen molar-refractivity contribution in [2.45, 2.75) is 32.7 Å². The number of carbonyl (C=O) groups is 2. The van der Waals surface area contributed by atoms with Crippen LogP contribution >= 0.6 is 0 Å². The summed E-state index contributed by atoms with van der Waals surface area (Å²) in [5.41, 5.74) is 2.26. The fraction of sp³-hybridized carbons (Fsp3) is 0.429. The Kier molecular flexibility index (Phi) is 4.89. The molecule has 0 bridgehead atoms. The van der Waals surface area contributed by atoms with E-state index in [0.717, 1.165) is 11.1 Å². The van der Waals surface area contributed by atoms with Gasteiger partial charge in [-0.2, -0.15) is 0 Å². The lowest BCUT2D eigenvalue weighted by Gasteiger charge is -2.21. The molecule has 0 aliphatic carbocycles. The average molecular weight is 249 g/mol. The first-order valence-corrected chi connectivity index (χ1v) is 5.96. The maximum atomic E-state index is 11.8. The number of hydrogen-bond acceptors (Lipinski definition) is 2. The zero-order valence-electron chi connectivity index (χ0n) is 11.0. The van der Waals surface area contributed by atoms with Gasteiger partial charge in [-0.1, -0.05) is 29.8 Å². The minimum atomic E-state index is -0.985. The molecule has 18 heavy (non-hydrogen) atoms. The van der Waals surface area contributed by atoms with E-state index in [4.69, 9.17) is 5.11 Å². The lowest BCUT2D eigenvalue weighted by molar-refractivity contribution is -0.148. The number of aliphatic carboxylic acids is 1. The lowest BCUT2D eigenvalue weighted by atomic mass is 10.1. The van der Waals surface area contributed by atoms with Crippen molar-refractivity contribution in [2.75, 3.05) is 7.05 Å². The van der Waals surface area contributed by atoms with E-state index in [1.165, 1.54) is 18.9 Å². The highest BCUT2D eigenvalue weighted by atomic mass is 16.4. The number of carbonyl (C=O) groups excluding carboxylic acids is 1. The first-order chi connectivity index (χ1) is 8.41. The molecule has 1 aromatic rings. The normalized spacial score (nSPS) is 11.9. The first-order valence-electron chi connectivity index (χ1n) is 5.96. The van der Waals surface area contributed by atoms with Crippen molar-refractivity contribution >= 4 is 11.9 Å². The van der Waals surface area contributed by atoms with Gasteiger partial charge in [-0.05, 0) is 25.8 Å². The zero-order valence-corrected chi connectivity index (χ0v) is 11.0. The third kappa shape index (κ3) is 3.87. The molecular weight excluding hydrogens is 230 g/mol. The largest absolute Gasteiger partial charge is 0.480 e. The van der Waals surface area contributed by atoms with Crippen molar-refractivity contribution in [1.29, 1.82) is 0 Å². The monoisotopic (exact) mass is 249 g/mol. The topological polar surface area (TPSA) is 57.6 Å². The third-order valence-corrected chi connectivity index (χ3v) is 3.04. The van der Waals surface area contributed by atoms with Crippen LogP contribution in [0.25, 0.3) is 0 Å². The van der Waals surface area contributed by atoms with Gasteiger partial charge in [-0.3, -0.25) is 4.79 Å². The molecule has 0 aliphatic rings. The number of carboxylic acid groups (broad SMARTS) is 1. The number of amides is 1. The molecule has 1 unspecified atom stereocenters. The summed E-state index contributed by atoms with van der Waals surface area (Å²) in [5.74, 6) is -1.13. The minimum Gasteiger partial charge on any atom is -0.480 e. The Morgan fingerprint density at radius 1 is 1.39 bits per heavy atom. The van der Waals surface area contributed by atoms with Gasteiger partial charge in [0, 0.05) is 13.5 Å². The van der Waals surface area contributed by atoms with E-state index in [2.05, 4.69) is 0 Å². The fourth-order valence-corrected chi connectivity index (χ4v) is 1.68. The summed E-state index contributed by atoms with van der Waals surface area (Å²) < 4.78 is 0. The highest BCUT2D eigenvalue weighted by Gasteiger charge is 2.20. The van der Waals surface area contributed by atoms with Crippen molar-refractivity contribution in [3.63, 3.8) is 0 Å². The second kappa shape index (κ2) is 6.19. The zero-order chi connectivity index (χ0) is 13.7. The van der Waals surface area contributed by atoms with Crippen LogP contribution in [0.1, 0.15) is 24.5 Å². The van der Waals surface area contributed by atoms with E-state index < -0.39 is 12.0 Å². The Bertz CT molecular complexity index is 442. The quantitative estimate of drug-likeness (QED) is 0.866. The van der Waals surface area contributed by atoms with Crippen molar-refractivity contribution in [1.82, 2.24) is 4.90 Å². The van der Waals surface area contributed by atoms with Crippen LogP contribution in [0, 0.1) is 6.92 Å². The van der Waals surface area contributed by atoms with Crippen LogP contribution in [0.3, 0.4) is 0 Å². The number of rotatable bonds is 5. The predicted octanol–water partition coefficient (Wildman–Crippen LogP) is 1.86. The molecule has 1 aromatic carbocycles. The van der Waals surface area contributed by atoms with Gasteiger partial charge < -0.3 is 10.0 Å². The molecule has 98 valence electrons. The smallest absolute Gasteiger partial charge is 0.326 e. The molecule has 4 heteroatoms. The van der Waals surface area contributed by atoms with Gasteiger partial charge in [-0.25, -0.2) is 4.79 Å². The number of carboxylic acids is 1. The van der Waals surface area contributed by atoms with Crippen LogP contribution in [-0.2, 0) is 16.0 Å². The summed E-state index contributed by atoms with van der Waals surface area (Å²) in [7, 11) is 1.53. The standard InChI is InChI=1S/C14H19NO3/c1-10-5-4-6-12(9-10)7-8-13(16)15(3)11(2)14(17)18/h4-6,9,11H,7-8H2,1-3H3,(H,17,18). The van der Waals surface area contributed by atoms with Crippen LogP contribution in [0.5, 0.6) is 0 Å². The highest BCUT2D eigenvalue weighted by molar-refractivity contribution is 5.83. The summed E-state index contributed by atoms with van der Waals surface area (Å²) in [4.78, 5) is 23.9. The van der Waals surface area contributed by atoms with E-state index in [1.807, 2.05) is 31.2 Å². The molecule has 0 fully saturated rings. The summed E-state index contributed by atoms with van der Waals surface area (Å²) in [6, 6.07) is 7.19. The number of hydrogen-bond donors (Lipinski definition) is 1. The number of benzene rings is 1.